The number of fused-ring (bicyclic) bond motifs is 2. The zero-order valence-corrected chi connectivity index (χ0v) is 20.3. The highest BCUT2D eigenvalue weighted by atomic mass is 32.2. The topological polar surface area (TPSA) is 98.6 Å². The van der Waals surface area contributed by atoms with Crippen LogP contribution in [0.3, 0.4) is 0 Å². The zero-order chi connectivity index (χ0) is 22.9. The lowest BCUT2D eigenvalue weighted by molar-refractivity contribution is -0.113. The van der Waals surface area contributed by atoms with Gasteiger partial charge in [0.1, 0.15) is 15.9 Å². The van der Waals surface area contributed by atoms with Gasteiger partial charge in [-0.15, -0.1) is 22.7 Å². The Kier molecular flexibility index (Phi) is 6.06. The van der Waals surface area contributed by atoms with E-state index in [0.717, 1.165) is 36.0 Å². The van der Waals surface area contributed by atoms with Gasteiger partial charge in [-0.1, -0.05) is 49.0 Å². The van der Waals surface area contributed by atoms with Crippen molar-refractivity contribution >= 4 is 55.6 Å². The van der Waals surface area contributed by atoms with Crippen molar-refractivity contribution in [1.29, 1.82) is 5.26 Å². The molecule has 1 atom stereocenters. The number of nitrogens with one attached hydrogen (secondary N) is 2. The van der Waals surface area contributed by atoms with Crippen molar-refractivity contribution in [3.05, 3.63) is 62.1 Å². The van der Waals surface area contributed by atoms with Crippen molar-refractivity contribution in [2.45, 2.75) is 31.3 Å². The number of rotatable bonds is 5. The van der Waals surface area contributed by atoms with Crippen LogP contribution in [0.5, 0.6) is 0 Å². The standard InChI is InChI=1S/C24H20N4O2S3/c1-13-7-8-15-16(10-25)22(33-18(15)9-13)26-19(29)12-32-24-27-21(30)20-17(11-31-23(20)28-24)14-5-3-2-4-6-14/h2-6,11,13H,7-9,12H2,1H3,(H,26,29)(H,27,28,30). The van der Waals surface area contributed by atoms with Crippen LogP contribution in [0.25, 0.3) is 21.3 Å². The van der Waals surface area contributed by atoms with Crippen LogP contribution in [0.1, 0.15) is 29.3 Å². The van der Waals surface area contributed by atoms with Gasteiger partial charge in [-0.2, -0.15) is 5.26 Å². The Labute approximate surface area is 202 Å². The number of thiophene rings is 2. The van der Waals surface area contributed by atoms with Crippen molar-refractivity contribution in [1.82, 2.24) is 9.97 Å². The van der Waals surface area contributed by atoms with Crippen molar-refractivity contribution in [2.24, 2.45) is 5.92 Å². The van der Waals surface area contributed by atoms with E-state index in [2.05, 4.69) is 28.3 Å². The van der Waals surface area contributed by atoms with E-state index in [9.17, 15) is 14.9 Å². The quantitative estimate of drug-likeness (QED) is 0.285. The second kappa shape index (κ2) is 9.14. The van der Waals surface area contributed by atoms with Crippen LogP contribution in [0.15, 0.2) is 45.7 Å². The van der Waals surface area contributed by atoms with Gasteiger partial charge in [0.2, 0.25) is 5.91 Å². The molecule has 1 aliphatic carbocycles. The SMILES string of the molecule is CC1CCc2c(sc(NC(=O)CSc3nc4scc(-c5ccccc5)c4c(=O)[nH]3)c2C#N)C1. The zero-order valence-electron chi connectivity index (χ0n) is 17.8. The molecule has 166 valence electrons. The fourth-order valence-electron chi connectivity index (χ4n) is 4.08. The lowest BCUT2D eigenvalue weighted by atomic mass is 9.89. The Morgan fingerprint density at radius 1 is 1.36 bits per heavy atom. The molecule has 6 nitrogen and oxygen atoms in total. The van der Waals surface area contributed by atoms with Crippen molar-refractivity contribution in [3.63, 3.8) is 0 Å². The molecule has 4 aromatic rings. The van der Waals surface area contributed by atoms with E-state index >= 15 is 0 Å². The van der Waals surface area contributed by atoms with Crippen LogP contribution in [0, 0.1) is 17.2 Å². The number of nitrogens with zero attached hydrogens (tertiary/aromatic N) is 2. The Morgan fingerprint density at radius 3 is 2.97 bits per heavy atom. The predicted molar refractivity (Wildman–Crippen MR) is 135 cm³/mol. The third-order valence-corrected chi connectivity index (χ3v) is 8.64. The van der Waals surface area contributed by atoms with Crippen molar-refractivity contribution in [3.8, 4) is 17.2 Å². The van der Waals surface area contributed by atoms with Crippen molar-refractivity contribution in [2.75, 3.05) is 11.1 Å². The minimum atomic E-state index is -0.220. The number of amides is 1. The van der Waals surface area contributed by atoms with E-state index in [4.69, 9.17) is 0 Å². The Bertz CT molecular complexity index is 1450. The number of carbonyl (C=O) groups excluding carboxylic acids is 1. The molecule has 3 heterocycles. The number of carbonyl (C=O) groups is 1. The summed E-state index contributed by atoms with van der Waals surface area (Å²) in [6.07, 6.45) is 2.91. The largest absolute Gasteiger partial charge is 0.316 e. The average Bonchev–Trinajstić information content (AvgIpc) is 3.39. The summed E-state index contributed by atoms with van der Waals surface area (Å²) in [5.74, 6) is 0.469. The van der Waals surface area contributed by atoms with Crippen LogP contribution in [-0.4, -0.2) is 21.6 Å². The molecule has 33 heavy (non-hydrogen) atoms. The molecule has 0 spiro atoms. The molecule has 1 unspecified atom stereocenters. The number of benzene rings is 1. The number of hydrogen-bond donors (Lipinski definition) is 2. The van der Waals surface area contributed by atoms with Gasteiger partial charge in [0.25, 0.3) is 5.56 Å². The number of H-pyrrole nitrogens is 1. The maximum absolute atomic E-state index is 12.8. The van der Waals surface area contributed by atoms with Gasteiger partial charge in [-0.25, -0.2) is 4.98 Å². The average molecular weight is 493 g/mol. The third kappa shape index (κ3) is 4.34. The van der Waals surface area contributed by atoms with Crippen LogP contribution < -0.4 is 10.9 Å². The molecule has 5 rings (SSSR count). The van der Waals surface area contributed by atoms with E-state index in [0.29, 0.717) is 31.9 Å². The van der Waals surface area contributed by atoms with Gasteiger partial charge >= 0.3 is 0 Å². The first kappa shape index (κ1) is 21.9. The molecule has 1 aromatic carbocycles. The summed E-state index contributed by atoms with van der Waals surface area (Å²) in [6, 6.07) is 12.0. The maximum Gasteiger partial charge on any atom is 0.260 e. The molecule has 0 radical (unpaired) electrons. The third-order valence-electron chi connectivity index (χ3n) is 5.72. The first-order chi connectivity index (χ1) is 16.0. The highest BCUT2D eigenvalue weighted by Crippen LogP contribution is 2.39. The minimum Gasteiger partial charge on any atom is -0.316 e. The Morgan fingerprint density at radius 2 is 2.18 bits per heavy atom. The van der Waals surface area contributed by atoms with Crippen molar-refractivity contribution < 1.29 is 4.79 Å². The first-order valence-corrected chi connectivity index (χ1v) is 13.3. The van der Waals surface area contributed by atoms with Gasteiger partial charge in [-0.05, 0) is 36.3 Å². The number of aromatic nitrogens is 2. The summed E-state index contributed by atoms with van der Waals surface area (Å²) in [5.41, 5.74) is 3.30. The van der Waals surface area contributed by atoms with Gasteiger partial charge in [0, 0.05) is 15.8 Å². The Balaban J connectivity index is 1.31. The fraction of sp³-hybridized carbons (Fsp3) is 0.250. The highest BCUT2D eigenvalue weighted by Gasteiger charge is 2.24. The lowest BCUT2D eigenvalue weighted by Gasteiger charge is -2.17. The van der Waals surface area contributed by atoms with Gasteiger partial charge in [-0.3, -0.25) is 9.59 Å². The number of thioether (sulfide) groups is 1. The molecule has 0 bridgehead atoms. The van der Waals surface area contributed by atoms with Gasteiger partial charge in [0.15, 0.2) is 5.16 Å². The molecular weight excluding hydrogens is 472 g/mol. The smallest absolute Gasteiger partial charge is 0.260 e. The summed E-state index contributed by atoms with van der Waals surface area (Å²) < 4.78 is 0. The minimum absolute atomic E-state index is 0.0925. The van der Waals surface area contributed by atoms with E-state index in [1.54, 1.807) is 0 Å². The fourth-order valence-corrected chi connectivity index (χ4v) is 7.13. The normalized spacial score (nSPS) is 15.2. The summed E-state index contributed by atoms with van der Waals surface area (Å²) in [7, 11) is 0. The van der Waals surface area contributed by atoms with Crippen LogP contribution in [0.2, 0.25) is 0 Å². The monoisotopic (exact) mass is 492 g/mol. The number of anilines is 1. The van der Waals surface area contributed by atoms with Gasteiger partial charge < -0.3 is 10.3 Å². The summed E-state index contributed by atoms with van der Waals surface area (Å²) >= 11 is 4.10. The van der Waals surface area contributed by atoms with E-state index in [1.165, 1.54) is 39.3 Å². The predicted octanol–water partition coefficient (Wildman–Crippen LogP) is 5.44. The van der Waals surface area contributed by atoms with E-state index in [1.807, 2.05) is 35.7 Å². The molecule has 0 aliphatic heterocycles. The number of hydrogen-bond acceptors (Lipinski definition) is 7. The molecule has 2 N–H and O–H groups in total. The molecule has 0 saturated carbocycles. The number of nitriles is 1. The first-order valence-electron chi connectivity index (χ1n) is 10.6. The molecular formula is C24H20N4O2S3. The van der Waals surface area contributed by atoms with Crippen LogP contribution in [0.4, 0.5) is 5.00 Å². The van der Waals surface area contributed by atoms with Crippen LogP contribution >= 0.6 is 34.4 Å². The highest BCUT2D eigenvalue weighted by molar-refractivity contribution is 7.99. The van der Waals surface area contributed by atoms with E-state index < -0.39 is 0 Å². The molecule has 0 fully saturated rings. The molecule has 9 heteroatoms. The Hall–Kier alpha value is -2.93. The van der Waals surface area contributed by atoms with Gasteiger partial charge in [0.05, 0.1) is 16.7 Å². The molecule has 1 aliphatic rings. The lowest BCUT2D eigenvalue weighted by Crippen LogP contribution is -2.15. The summed E-state index contributed by atoms with van der Waals surface area (Å²) in [5, 5.41) is 16.1. The number of aromatic amines is 1. The maximum atomic E-state index is 12.8. The molecule has 3 aromatic heterocycles. The second-order valence-corrected chi connectivity index (χ2v) is 11.0. The second-order valence-electron chi connectivity index (χ2n) is 8.07. The van der Waals surface area contributed by atoms with Crippen LogP contribution in [-0.2, 0) is 17.6 Å². The molecule has 1 amide bonds. The summed E-state index contributed by atoms with van der Waals surface area (Å²) in [4.78, 5) is 34.6. The van der Waals surface area contributed by atoms with E-state index in [-0.39, 0.29) is 17.2 Å². The summed E-state index contributed by atoms with van der Waals surface area (Å²) in [6.45, 7) is 2.21. The molecule has 0 saturated heterocycles.